The van der Waals surface area contributed by atoms with E-state index in [0.717, 1.165) is 0 Å². The maximum absolute atomic E-state index is 10.6. The fourth-order valence-electron chi connectivity index (χ4n) is 0.960. The Morgan fingerprint density at radius 3 is 2.53 bits per heavy atom. The van der Waals surface area contributed by atoms with Crippen LogP contribution in [0.25, 0.3) is 0 Å². The molecule has 15 heavy (non-hydrogen) atoms. The van der Waals surface area contributed by atoms with Gasteiger partial charge in [-0.15, -0.1) is 0 Å². The van der Waals surface area contributed by atoms with Crippen LogP contribution < -0.4 is 5.73 Å². The van der Waals surface area contributed by atoms with Crippen LogP contribution in [-0.4, -0.2) is 38.5 Å². The Morgan fingerprint density at radius 2 is 2.07 bits per heavy atom. The molecule has 0 amide bonds. The summed E-state index contributed by atoms with van der Waals surface area (Å²) in [6.45, 7) is 0. The van der Waals surface area contributed by atoms with Gasteiger partial charge in [0.05, 0.1) is 5.56 Å². The van der Waals surface area contributed by atoms with Crippen molar-refractivity contribution in [1.29, 1.82) is 0 Å². The number of carbonyl (C=O) groups is 2. The number of carboxylic acid groups (broad SMARTS) is 2. The number of nitrogens with two attached hydrogens (primary N) is 1. The van der Waals surface area contributed by atoms with Crippen molar-refractivity contribution in [3.63, 3.8) is 0 Å². The first-order chi connectivity index (χ1) is 6.93. The van der Waals surface area contributed by atoms with Crippen molar-refractivity contribution >= 4 is 11.9 Å². The van der Waals surface area contributed by atoms with Crippen LogP contribution in [0.3, 0.4) is 0 Å². The van der Waals surface area contributed by atoms with Gasteiger partial charge in [0.15, 0.2) is 0 Å². The smallest absolute Gasteiger partial charge is 0.375 e. The fourth-order valence-corrected chi connectivity index (χ4v) is 0.960. The normalized spacial score (nSPS) is 12.3. The van der Waals surface area contributed by atoms with E-state index in [1.54, 1.807) is 0 Å². The van der Waals surface area contributed by atoms with E-state index in [2.05, 4.69) is 9.68 Å². The molecule has 1 atom stereocenters. The predicted molar refractivity (Wildman–Crippen MR) is 44.4 cm³/mol. The summed E-state index contributed by atoms with van der Waals surface area (Å²) in [7, 11) is 0. The second-order valence-electron chi connectivity index (χ2n) is 2.77. The lowest BCUT2D eigenvalue weighted by Crippen LogP contribution is -2.32. The third-order valence-electron chi connectivity index (χ3n) is 1.70. The standard InChI is InChI=1S/C7H8N2O6/c8-3(6(11)12)1-2-4(7(13)14)15-9-5(2)10/h3H,1,8H2,(H,9,10)(H,11,12)(H,13,14)/t3-/m0/s1. The third kappa shape index (κ3) is 2.23. The van der Waals surface area contributed by atoms with E-state index in [1.807, 2.05) is 0 Å². The van der Waals surface area contributed by atoms with Gasteiger partial charge in [-0.3, -0.25) is 4.79 Å². The maximum Gasteiger partial charge on any atom is 0.375 e. The molecule has 0 fully saturated rings. The van der Waals surface area contributed by atoms with Gasteiger partial charge in [0.1, 0.15) is 6.04 Å². The average Bonchev–Trinajstić information content (AvgIpc) is 2.48. The van der Waals surface area contributed by atoms with Crippen molar-refractivity contribution in [1.82, 2.24) is 5.16 Å². The molecular weight excluding hydrogens is 208 g/mol. The molecule has 1 aromatic rings. The number of hydrogen-bond donors (Lipinski definition) is 4. The van der Waals surface area contributed by atoms with Gasteiger partial charge in [0, 0.05) is 6.42 Å². The number of aliphatic carboxylic acids is 1. The summed E-state index contributed by atoms with van der Waals surface area (Å²) >= 11 is 0. The molecule has 1 aromatic heterocycles. The summed E-state index contributed by atoms with van der Waals surface area (Å²) in [4.78, 5) is 21.0. The van der Waals surface area contributed by atoms with Crippen molar-refractivity contribution in [2.45, 2.75) is 12.5 Å². The number of aromatic nitrogens is 1. The summed E-state index contributed by atoms with van der Waals surface area (Å²) in [5, 5.41) is 29.2. The first-order valence-corrected chi connectivity index (χ1v) is 3.82. The predicted octanol–water partition coefficient (Wildman–Crippen LogP) is -0.967. The zero-order chi connectivity index (χ0) is 11.6. The lowest BCUT2D eigenvalue weighted by Gasteiger charge is -2.03. The molecule has 0 unspecified atom stereocenters. The molecular formula is C7H8N2O6. The van der Waals surface area contributed by atoms with Crippen LogP contribution in [0.2, 0.25) is 0 Å². The minimum atomic E-state index is -1.45. The second-order valence-corrected chi connectivity index (χ2v) is 2.77. The Balaban J connectivity index is 2.97. The number of hydrogen-bond acceptors (Lipinski definition) is 6. The minimum Gasteiger partial charge on any atom is -0.491 e. The average molecular weight is 216 g/mol. The summed E-state index contributed by atoms with van der Waals surface area (Å²) in [5.41, 5.74) is 4.95. The largest absolute Gasteiger partial charge is 0.491 e. The highest BCUT2D eigenvalue weighted by Gasteiger charge is 2.25. The zero-order valence-electron chi connectivity index (χ0n) is 7.38. The van der Waals surface area contributed by atoms with Gasteiger partial charge in [-0.05, 0) is 5.16 Å². The molecule has 5 N–H and O–H groups in total. The van der Waals surface area contributed by atoms with Crippen LogP contribution in [0.5, 0.6) is 5.88 Å². The number of nitrogens with zero attached hydrogens (tertiary/aromatic N) is 1. The Hall–Kier alpha value is -2.09. The van der Waals surface area contributed by atoms with Crippen molar-refractivity contribution in [3.8, 4) is 5.88 Å². The fraction of sp³-hybridized carbons (Fsp3) is 0.286. The zero-order valence-corrected chi connectivity index (χ0v) is 7.38. The summed E-state index contributed by atoms with van der Waals surface area (Å²) in [5.74, 6) is -4.03. The number of carboxylic acids is 2. The molecule has 0 aliphatic carbocycles. The monoisotopic (exact) mass is 216 g/mol. The van der Waals surface area contributed by atoms with Gasteiger partial charge < -0.3 is 25.6 Å². The molecule has 8 heteroatoms. The SMILES string of the molecule is N[C@@H](Cc1c(O)noc1C(=O)O)C(=O)O. The van der Waals surface area contributed by atoms with Crippen LogP contribution >= 0.6 is 0 Å². The topological polar surface area (TPSA) is 147 Å². The van der Waals surface area contributed by atoms with Crippen LogP contribution in [-0.2, 0) is 11.2 Å². The number of aromatic hydroxyl groups is 1. The Kier molecular flexibility index (Phi) is 2.90. The highest BCUT2D eigenvalue weighted by atomic mass is 16.5. The third-order valence-corrected chi connectivity index (χ3v) is 1.70. The quantitative estimate of drug-likeness (QED) is 0.502. The summed E-state index contributed by atoms with van der Waals surface area (Å²) < 4.78 is 4.29. The highest BCUT2D eigenvalue weighted by Crippen LogP contribution is 2.21. The molecule has 1 heterocycles. The molecule has 0 saturated heterocycles. The molecule has 0 aromatic carbocycles. The first kappa shape index (κ1) is 11.0. The molecule has 82 valence electrons. The summed E-state index contributed by atoms with van der Waals surface area (Å²) in [6, 6.07) is -1.33. The van der Waals surface area contributed by atoms with E-state index < -0.39 is 29.6 Å². The van der Waals surface area contributed by atoms with E-state index in [0.29, 0.717) is 0 Å². The minimum absolute atomic E-state index is 0.225. The molecule has 0 aliphatic rings. The van der Waals surface area contributed by atoms with Crippen molar-refractivity contribution in [2.75, 3.05) is 0 Å². The van der Waals surface area contributed by atoms with Crippen molar-refractivity contribution < 1.29 is 29.4 Å². The molecule has 1 rings (SSSR count). The molecule has 0 bridgehead atoms. The van der Waals surface area contributed by atoms with Crippen molar-refractivity contribution in [2.24, 2.45) is 5.73 Å². The van der Waals surface area contributed by atoms with E-state index in [-0.39, 0.29) is 12.0 Å². The van der Waals surface area contributed by atoms with Crippen LogP contribution in [0.1, 0.15) is 16.1 Å². The van der Waals surface area contributed by atoms with Gasteiger partial charge in [-0.2, -0.15) is 0 Å². The lowest BCUT2D eigenvalue weighted by atomic mass is 10.1. The van der Waals surface area contributed by atoms with Crippen molar-refractivity contribution in [3.05, 3.63) is 11.3 Å². The molecule has 0 saturated carbocycles. The van der Waals surface area contributed by atoms with Gasteiger partial charge >= 0.3 is 11.9 Å². The van der Waals surface area contributed by atoms with Crippen LogP contribution in [0.4, 0.5) is 0 Å². The second kappa shape index (κ2) is 3.96. The van der Waals surface area contributed by atoms with E-state index in [4.69, 9.17) is 21.1 Å². The van der Waals surface area contributed by atoms with Gasteiger partial charge in [-0.25, -0.2) is 4.79 Å². The molecule has 0 spiro atoms. The maximum atomic E-state index is 10.6. The Morgan fingerprint density at radius 1 is 1.47 bits per heavy atom. The Bertz CT molecular complexity index is 398. The Labute approximate surface area is 82.9 Å². The van der Waals surface area contributed by atoms with Crippen LogP contribution in [0.15, 0.2) is 4.52 Å². The summed E-state index contributed by atoms with van der Waals surface area (Å²) in [6.07, 6.45) is -0.369. The van der Waals surface area contributed by atoms with Crippen LogP contribution in [0, 0.1) is 0 Å². The first-order valence-electron chi connectivity index (χ1n) is 3.82. The lowest BCUT2D eigenvalue weighted by molar-refractivity contribution is -0.138. The van der Waals surface area contributed by atoms with Gasteiger partial charge in [0.25, 0.3) is 11.6 Å². The van der Waals surface area contributed by atoms with E-state index >= 15 is 0 Å². The van der Waals surface area contributed by atoms with E-state index in [9.17, 15) is 9.59 Å². The van der Waals surface area contributed by atoms with Gasteiger partial charge in [0.2, 0.25) is 0 Å². The molecule has 0 aliphatic heterocycles. The highest BCUT2D eigenvalue weighted by molar-refractivity contribution is 5.87. The number of rotatable bonds is 4. The van der Waals surface area contributed by atoms with E-state index in [1.165, 1.54) is 0 Å². The van der Waals surface area contributed by atoms with Gasteiger partial charge in [-0.1, -0.05) is 0 Å². The molecule has 8 nitrogen and oxygen atoms in total. The number of aromatic carboxylic acids is 1. The molecule has 0 radical (unpaired) electrons.